The van der Waals surface area contributed by atoms with E-state index in [0.717, 1.165) is 48.6 Å². The highest BCUT2D eigenvalue weighted by Gasteiger charge is 2.35. The first-order valence-corrected chi connectivity index (χ1v) is 8.49. The van der Waals surface area contributed by atoms with Crippen molar-refractivity contribution in [1.82, 2.24) is 14.7 Å². The number of aryl methyl sites for hydroxylation is 2. The van der Waals surface area contributed by atoms with E-state index < -0.39 is 0 Å². The molecule has 1 aliphatic heterocycles. The molecule has 3 rings (SSSR count). The Bertz CT molecular complexity index is 740. The quantitative estimate of drug-likeness (QED) is 0.909. The first-order chi connectivity index (χ1) is 11.4. The summed E-state index contributed by atoms with van der Waals surface area (Å²) in [6.07, 6.45) is 0.977. The van der Waals surface area contributed by atoms with Crippen molar-refractivity contribution in [3.8, 4) is 0 Å². The number of likely N-dealkylation sites (tertiary alicyclic amines) is 1. The van der Waals surface area contributed by atoms with Crippen LogP contribution in [0.5, 0.6) is 0 Å². The molecule has 25 heavy (non-hydrogen) atoms. The predicted molar refractivity (Wildman–Crippen MR) is 102 cm³/mol. The molecule has 6 heteroatoms. The molecule has 1 amide bonds. The van der Waals surface area contributed by atoms with E-state index in [4.69, 9.17) is 5.73 Å². The summed E-state index contributed by atoms with van der Waals surface area (Å²) in [5.41, 5.74) is 9.95. The fourth-order valence-corrected chi connectivity index (χ4v) is 3.31. The number of nitrogens with zero attached hydrogens (tertiary/aromatic N) is 3. The van der Waals surface area contributed by atoms with Gasteiger partial charge >= 0.3 is 0 Å². The third-order valence-electron chi connectivity index (χ3n) is 4.97. The van der Waals surface area contributed by atoms with Gasteiger partial charge in [-0.1, -0.05) is 19.1 Å². The van der Waals surface area contributed by atoms with Gasteiger partial charge in [0, 0.05) is 24.3 Å². The summed E-state index contributed by atoms with van der Waals surface area (Å²) in [7, 11) is 0. The minimum Gasteiger partial charge on any atom is -0.338 e. The van der Waals surface area contributed by atoms with E-state index in [9.17, 15) is 4.79 Å². The zero-order valence-electron chi connectivity index (χ0n) is 15.2. The highest BCUT2D eigenvalue weighted by Crippen LogP contribution is 2.29. The number of hydrogen-bond acceptors (Lipinski definition) is 3. The lowest BCUT2D eigenvalue weighted by Crippen LogP contribution is -2.34. The summed E-state index contributed by atoms with van der Waals surface area (Å²) >= 11 is 0. The second kappa shape index (κ2) is 7.58. The number of benzene rings is 1. The maximum Gasteiger partial charge on any atom is 0.253 e. The Balaban J connectivity index is 0.00000225. The van der Waals surface area contributed by atoms with Gasteiger partial charge in [0.1, 0.15) is 0 Å². The van der Waals surface area contributed by atoms with Crippen LogP contribution in [0.2, 0.25) is 0 Å². The average Bonchev–Trinajstić information content (AvgIpc) is 3.11. The fraction of sp³-hybridized carbons (Fsp3) is 0.474. The average molecular weight is 363 g/mol. The minimum atomic E-state index is 0. The van der Waals surface area contributed by atoms with Crippen molar-refractivity contribution >= 4 is 18.3 Å². The van der Waals surface area contributed by atoms with Gasteiger partial charge in [0.2, 0.25) is 0 Å². The van der Waals surface area contributed by atoms with Gasteiger partial charge < -0.3 is 10.6 Å². The summed E-state index contributed by atoms with van der Waals surface area (Å²) in [4.78, 5) is 14.6. The summed E-state index contributed by atoms with van der Waals surface area (Å²) in [5, 5.41) is 4.48. The number of amides is 1. The molecule has 0 saturated carbocycles. The maximum absolute atomic E-state index is 12.6. The molecule has 1 unspecified atom stereocenters. The first kappa shape index (κ1) is 19.5. The lowest BCUT2D eigenvalue weighted by Gasteiger charge is -2.22. The zero-order chi connectivity index (χ0) is 17.3. The number of halogens is 1. The normalized spacial score (nSPS) is 19.8. The van der Waals surface area contributed by atoms with Gasteiger partial charge in [0.15, 0.2) is 0 Å². The molecule has 1 saturated heterocycles. The van der Waals surface area contributed by atoms with Crippen LogP contribution in [-0.2, 0) is 6.54 Å². The first-order valence-electron chi connectivity index (χ1n) is 8.49. The van der Waals surface area contributed by atoms with Gasteiger partial charge in [-0.15, -0.1) is 12.4 Å². The second-order valence-electron chi connectivity index (χ2n) is 7.27. The van der Waals surface area contributed by atoms with E-state index in [2.05, 4.69) is 25.0 Å². The van der Waals surface area contributed by atoms with Crippen LogP contribution in [0.1, 0.15) is 40.7 Å². The van der Waals surface area contributed by atoms with Gasteiger partial charge in [0.25, 0.3) is 5.91 Å². The summed E-state index contributed by atoms with van der Waals surface area (Å²) in [6, 6.07) is 9.94. The molecule has 0 radical (unpaired) electrons. The van der Waals surface area contributed by atoms with E-state index in [0.29, 0.717) is 6.54 Å². The number of carbonyl (C=O) groups is 1. The van der Waals surface area contributed by atoms with Crippen molar-refractivity contribution in [3.63, 3.8) is 0 Å². The molecule has 136 valence electrons. The minimum absolute atomic E-state index is 0. The molecule has 1 aliphatic rings. The van der Waals surface area contributed by atoms with Gasteiger partial charge in [0.05, 0.1) is 12.2 Å². The number of aromatic nitrogens is 2. The molecule has 2 N–H and O–H groups in total. The van der Waals surface area contributed by atoms with Crippen molar-refractivity contribution in [2.45, 2.75) is 33.7 Å². The molecule has 2 aromatic rings. The highest BCUT2D eigenvalue weighted by atomic mass is 35.5. The van der Waals surface area contributed by atoms with E-state index in [1.807, 2.05) is 40.8 Å². The fourth-order valence-electron chi connectivity index (χ4n) is 3.31. The molecule has 5 nitrogen and oxygen atoms in total. The standard InChI is InChI=1S/C19H26N4O.ClH/c1-14-10-15(2)23(21-14)11-16-4-6-17(7-5-16)18(24)22-9-8-19(3,12-20)13-22;/h4-7,10H,8-9,11-13,20H2,1-3H3;1H. The Kier molecular flexibility index (Phi) is 5.91. The van der Waals surface area contributed by atoms with E-state index in [1.165, 1.54) is 0 Å². The van der Waals surface area contributed by atoms with Gasteiger partial charge in [-0.25, -0.2) is 0 Å². The third kappa shape index (κ3) is 4.22. The van der Waals surface area contributed by atoms with Crippen LogP contribution in [0.4, 0.5) is 0 Å². The molecule has 0 aliphatic carbocycles. The lowest BCUT2D eigenvalue weighted by atomic mass is 9.90. The van der Waals surface area contributed by atoms with Gasteiger partial charge in [-0.3, -0.25) is 9.48 Å². The van der Waals surface area contributed by atoms with Crippen LogP contribution in [0.25, 0.3) is 0 Å². The van der Waals surface area contributed by atoms with Crippen molar-refractivity contribution in [2.24, 2.45) is 11.1 Å². The Morgan fingerprint density at radius 1 is 1.28 bits per heavy atom. The molecule has 0 bridgehead atoms. The highest BCUT2D eigenvalue weighted by molar-refractivity contribution is 5.94. The van der Waals surface area contributed by atoms with Gasteiger partial charge in [-0.2, -0.15) is 5.10 Å². The number of rotatable bonds is 4. The smallest absolute Gasteiger partial charge is 0.253 e. The monoisotopic (exact) mass is 362 g/mol. The molecule has 1 fully saturated rings. The number of carbonyl (C=O) groups excluding carboxylic acids is 1. The van der Waals surface area contributed by atoms with Crippen LogP contribution in [0.3, 0.4) is 0 Å². The molecular weight excluding hydrogens is 336 g/mol. The maximum atomic E-state index is 12.6. The van der Waals surface area contributed by atoms with E-state index >= 15 is 0 Å². The topological polar surface area (TPSA) is 64.2 Å². The Hall–Kier alpha value is -1.85. The molecule has 0 spiro atoms. The van der Waals surface area contributed by atoms with Crippen LogP contribution >= 0.6 is 12.4 Å². The van der Waals surface area contributed by atoms with Crippen molar-refractivity contribution < 1.29 is 4.79 Å². The molecule has 1 aromatic carbocycles. The Morgan fingerprint density at radius 3 is 2.48 bits per heavy atom. The number of nitrogens with two attached hydrogens (primary N) is 1. The van der Waals surface area contributed by atoms with E-state index in [1.54, 1.807) is 0 Å². The largest absolute Gasteiger partial charge is 0.338 e. The summed E-state index contributed by atoms with van der Waals surface area (Å²) in [5.74, 6) is 0.102. The molecule has 2 heterocycles. The van der Waals surface area contributed by atoms with Crippen molar-refractivity contribution in [3.05, 3.63) is 52.8 Å². The van der Waals surface area contributed by atoms with Crippen LogP contribution in [-0.4, -0.2) is 40.2 Å². The van der Waals surface area contributed by atoms with Crippen molar-refractivity contribution in [2.75, 3.05) is 19.6 Å². The lowest BCUT2D eigenvalue weighted by molar-refractivity contribution is 0.0777. The van der Waals surface area contributed by atoms with Crippen LogP contribution in [0, 0.1) is 19.3 Å². The SMILES string of the molecule is Cc1cc(C)n(Cc2ccc(C(=O)N3CCC(C)(CN)C3)cc2)n1.Cl. The van der Waals surface area contributed by atoms with Crippen molar-refractivity contribution in [1.29, 1.82) is 0 Å². The molecular formula is C19H27ClN4O. The van der Waals surface area contributed by atoms with Gasteiger partial charge in [-0.05, 0) is 56.0 Å². The second-order valence-corrected chi connectivity index (χ2v) is 7.27. The molecule has 1 atom stereocenters. The van der Waals surface area contributed by atoms with Crippen LogP contribution in [0.15, 0.2) is 30.3 Å². The Labute approximate surface area is 155 Å². The van der Waals surface area contributed by atoms with E-state index in [-0.39, 0.29) is 23.7 Å². The predicted octanol–water partition coefficient (Wildman–Crippen LogP) is 2.78. The number of hydrogen-bond donors (Lipinski definition) is 1. The Morgan fingerprint density at radius 2 is 1.96 bits per heavy atom. The zero-order valence-corrected chi connectivity index (χ0v) is 16.0. The summed E-state index contributed by atoms with van der Waals surface area (Å²) < 4.78 is 1.99. The summed E-state index contributed by atoms with van der Waals surface area (Å²) in [6.45, 7) is 9.09. The molecule has 1 aromatic heterocycles. The van der Waals surface area contributed by atoms with Crippen LogP contribution < -0.4 is 5.73 Å². The third-order valence-corrected chi connectivity index (χ3v) is 4.97.